The lowest BCUT2D eigenvalue weighted by Crippen LogP contribution is -2.03. The second-order valence-electron chi connectivity index (χ2n) is 8.48. The van der Waals surface area contributed by atoms with Crippen LogP contribution in [0.3, 0.4) is 0 Å². The highest BCUT2D eigenvalue weighted by Gasteiger charge is 2.15. The topological polar surface area (TPSA) is 95.7 Å². The smallest absolute Gasteiger partial charge is 0.263 e. The van der Waals surface area contributed by atoms with E-state index < -0.39 is 0 Å². The van der Waals surface area contributed by atoms with Gasteiger partial charge in [0.1, 0.15) is 30.4 Å². The van der Waals surface area contributed by atoms with Crippen LogP contribution in [0.15, 0.2) is 82.0 Å². The zero-order valence-corrected chi connectivity index (χ0v) is 20.2. The van der Waals surface area contributed by atoms with Crippen molar-refractivity contribution in [3.63, 3.8) is 0 Å². The average Bonchev–Trinajstić information content (AvgIpc) is 3.63. The van der Waals surface area contributed by atoms with Crippen molar-refractivity contribution in [2.75, 3.05) is 0 Å². The van der Waals surface area contributed by atoms with Crippen LogP contribution in [0.1, 0.15) is 33.7 Å². The van der Waals surface area contributed by atoms with Gasteiger partial charge in [0.05, 0.1) is 25.0 Å². The summed E-state index contributed by atoms with van der Waals surface area (Å²) >= 11 is 0. The molecule has 184 valence electrons. The van der Waals surface area contributed by atoms with E-state index in [1.165, 1.54) is 0 Å². The first-order valence-corrected chi connectivity index (χ1v) is 11.7. The van der Waals surface area contributed by atoms with Crippen LogP contribution in [-0.2, 0) is 26.4 Å². The first kappa shape index (κ1) is 23.4. The number of benzene rings is 2. The van der Waals surface area contributed by atoms with Crippen LogP contribution in [-0.4, -0.2) is 19.9 Å². The Morgan fingerprint density at radius 2 is 1.81 bits per heavy atom. The molecule has 1 N–H and O–H groups in total. The van der Waals surface area contributed by atoms with Gasteiger partial charge in [-0.3, -0.25) is 4.68 Å². The molecule has 0 bridgehead atoms. The summed E-state index contributed by atoms with van der Waals surface area (Å²) in [7, 11) is 0. The van der Waals surface area contributed by atoms with E-state index in [1.54, 1.807) is 23.1 Å². The van der Waals surface area contributed by atoms with Gasteiger partial charge in [0, 0.05) is 6.20 Å². The molecule has 0 radical (unpaired) electrons. The molecule has 0 aliphatic rings. The van der Waals surface area contributed by atoms with Crippen LogP contribution < -0.4 is 9.47 Å². The van der Waals surface area contributed by atoms with Crippen molar-refractivity contribution in [2.24, 2.45) is 0 Å². The zero-order valence-electron chi connectivity index (χ0n) is 20.2. The number of aromatic nitrogens is 3. The lowest BCUT2D eigenvalue weighted by atomic mass is 10.1. The number of aliphatic hydroxyl groups excluding tert-OH is 1. The van der Waals surface area contributed by atoms with E-state index in [-0.39, 0.29) is 13.2 Å². The highest BCUT2D eigenvalue weighted by molar-refractivity contribution is 5.44. The van der Waals surface area contributed by atoms with Crippen molar-refractivity contribution < 1.29 is 23.4 Å². The number of aryl methyl sites for hydroxylation is 2. The first-order chi connectivity index (χ1) is 17.6. The predicted octanol–water partition coefficient (Wildman–Crippen LogP) is 5.45. The maximum absolute atomic E-state index is 9.74. The third kappa shape index (κ3) is 5.34. The molecule has 0 aliphatic heterocycles. The normalized spacial score (nSPS) is 11.1. The molecule has 0 aliphatic carbocycles. The molecule has 8 nitrogen and oxygen atoms in total. The Bertz CT molecular complexity index is 1420. The van der Waals surface area contributed by atoms with Crippen molar-refractivity contribution in [3.05, 3.63) is 107 Å². The van der Waals surface area contributed by atoms with E-state index in [2.05, 4.69) is 10.1 Å². The Morgan fingerprint density at radius 1 is 0.944 bits per heavy atom. The van der Waals surface area contributed by atoms with E-state index in [1.807, 2.05) is 68.6 Å². The SMILES string of the molecule is Cc1cc(COc2nn(Cc3ccccc3)cc2CO)ccc1OCc1nc(-c2ccco2)oc1C. The quantitative estimate of drug-likeness (QED) is 0.281. The van der Waals surface area contributed by atoms with Crippen molar-refractivity contribution in [1.29, 1.82) is 0 Å². The van der Waals surface area contributed by atoms with Crippen LogP contribution in [0.5, 0.6) is 11.6 Å². The molecule has 0 saturated heterocycles. The summed E-state index contributed by atoms with van der Waals surface area (Å²) in [6, 6.07) is 19.5. The molecule has 0 spiro atoms. The molecule has 0 amide bonds. The maximum Gasteiger partial charge on any atom is 0.263 e. The summed E-state index contributed by atoms with van der Waals surface area (Å²) in [6.45, 7) is 4.91. The van der Waals surface area contributed by atoms with Gasteiger partial charge in [-0.15, -0.1) is 5.10 Å². The summed E-state index contributed by atoms with van der Waals surface area (Å²) in [5.74, 6) is 2.90. The highest BCUT2D eigenvalue weighted by Crippen LogP contribution is 2.25. The molecule has 2 aromatic carbocycles. The molecule has 0 fully saturated rings. The summed E-state index contributed by atoms with van der Waals surface area (Å²) in [4.78, 5) is 4.49. The zero-order chi connectivity index (χ0) is 24.9. The molecule has 0 saturated carbocycles. The number of hydrogen-bond donors (Lipinski definition) is 1. The van der Waals surface area contributed by atoms with E-state index in [9.17, 15) is 5.11 Å². The second kappa shape index (κ2) is 10.5. The van der Waals surface area contributed by atoms with E-state index in [0.717, 1.165) is 28.1 Å². The first-order valence-electron chi connectivity index (χ1n) is 11.7. The summed E-state index contributed by atoms with van der Waals surface area (Å²) < 4.78 is 24.8. The third-order valence-electron chi connectivity index (χ3n) is 5.76. The number of nitrogens with zero attached hydrogens (tertiary/aromatic N) is 3. The molecule has 36 heavy (non-hydrogen) atoms. The summed E-state index contributed by atoms with van der Waals surface area (Å²) in [5, 5.41) is 14.2. The van der Waals surface area contributed by atoms with Crippen molar-refractivity contribution in [2.45, 2.75) is 40.2 Å². The Morgan fingerprint density at radius 3 is 2.56 bits per heavy atom. The van der Waals surface area contributed by atoms with Crippen molar-refractivity contribution >= 4 is 0 Å². The Kier molecular flexibility index (Phi) is 6.86. The minimum Gasteiger partial charge on any atom is -0.487 e. The molecule has 5 aromatic rings. The van der Waals surface area contributed by atoms with Gasteiger partial charge in [0.25, 0.3) is 5.89 Å². The summed E-state index contributed by atoms with van der Waals surface area (Å²) in [5.41, 5.74) is 4.44. The lowest BCUT2D eigenvalue weighted by molar-refractivity contribution is 0.254. The van der Waals surface area contributed by atoms with Gasteiger partial charge in [-0.05, 0) is 54.8 Å². The molecule has 3 aromatic heterocycles. The molecule has 0 atom stereocenters. The molecular formula is C28H27N3O5. The van der Waals surface area contributed by atoms with Gasteiger partial charge in [0.15, 0.2) is 5.76 Å². The van der Waals surface area contributed by atoms with Gasteiger partial charge in [0.2, 0.25) is 5.88 Å². The number of ether oxygens (including phenoxy) is 2. The van der Waals surface area contributed by atoms with E-state index in [0.29, 0.717) is 42.0 Å². The van der Waals surface area contributed by atoms with Gasteiger partial charge in [-0.2, -0.15) is 0 Å². The number of rotatable bonds is 10. The molecular weight excluding hydrogens is 458 g/mol. The van der Waals surface area contributed by atoms with Gasteiger partial charge >= 0.3 is 0 Å². The molecule has 8 heteroatoms. The van der Waals surface area contributed by atoms with Crippen molar-refractivity contribution in [3.8, 4) is 23.3 Å². The van der Waals surface area contributed by atoms with Gasteiger partial charge in [-0.1, -0.05) is 36.4 Å². The minimum atomic E-state index is -0.140. The Hall–Kier alpha value is -4.30. The number of furan rings is 1. The molecule has 0 unspecified atom stereocenters. The van der Waals surface area contributed by atoms with Crippen LogP contribution in [0.2, 0.25) is 0 Å². The number of hydrogen-bond acceptors (Lipinski definition) is 7. The fourth-order valence-electron chi connectivity index (χ4n) is 3.85. The Labute approximate surface area is 208 Å². The average molecular weight is 486 g/mol. The molecule has 3 heterocycles. The van der Waals surface area contributed by atoms with Crippen LogP contribution >= 0.6 is 0 Å². The maximum atomic E-state index is 9.74. The highest BCUT2D eigenvalue weighted by atomic mass is 16.5. The second-order valence-corrected chi connectivity index (χ2v) is 8.48. The van der Waals surface area contributed by atoms with E-state index >= 15 is 0 Å². The van der Waals surface area contributed by atoms with Gasteiger partial charge < -0.3 is 23.4 Å². The van der Waals surface area contributed by atoms with Crippen molar-refractivity contribution in [1.82, 2.24) is 14.8 Å². The third-order valence-corrected chi connectivity index (χ3v) is 5.76. The monoisotopic (exact) mass is 485 g/mol. The predicted molar refractivity (Wildman–Crippen MR) is 132 cm³/mol. The van der Waals surface area contributed by atoms with Crippen LogP contribution in [0.25, 0.3) is 11.7 Å². The lowest BCUT2D eigenvalue weighted by Gasteiger charge is -2.11. The fourth-order valence-corrected chi connectivity index (χ4v) is 3.85. The number of oxazole rings is 1. The van der Waals surface area contributed by atoms with Crippen LogP contribution in [0, 0.1) is 13.8 Å². The number of aliphatic hydroxyl groups is 1. The Balaban J connectivity index is 1.20. The van der Waals surface area contributed by atoms with Crippen LogP contribution in [0.4, 0.5) is 0 Å². The molecule has 5 rings (SSSR count). The van der Waals surface area contributed by atoms with Gasteiger partial charge in [-0.25, -0.2) is 4.98 Å². The van der Waals surface area contributed by atoms with E-state index in [4.69, 9.17) is 18.3 Å². The largest absolute Gasteiger partial charge is 0.487 e. The summed E-state index contributed by atoms with van der Waals surface area (Å²) in [6.07, 6.45) is 3.40. The minimum absolute atomic E-state index is 0.140. The standard InChI is InChI=1S/C28H27N3O5/c1-19-13-22(17-35-27-23(16-32)15-31(30-27)14-21-7-4-3-5-8-21)10-11-25(19)34-18-24-20(2)36-28(29-24)26-9-6-12-33-26/h3-13,15,32H,14,16-18H2,1-2H3. The fraction of sp³-hybridized carbons (Fsp3) is 0.214.